The number of aryl methyl sites for hydroxylation is 1. The van der Waals surface area contributed by atoms with Gasteiger partial charge in [-0.3, -0.25) is 4.79 Å². The highest BCUT2D eigenvalue weighted by Gasteiger charge is 2.14. The molecule has 0 aliphatic rings. The Labute approximate surface area is 138 Å². The van der Waals surface area contributed by atoms with Gasteiger partial charge >= 0.3 is 5.97 Å². The lowest BCUT2D eigenvalue weighted by molar-refractivity contribution is 0.0695. The van der Waals surface area contributed by atoms with Crippen molar-refractivity contribution in [1.29, 1.82) is 0 Å². The highest BCUT2D eigenvalue weighted by atomic mass is 32.2. The van der Waals surface area contributed by atoms with E-state index >= 15 is 0 Å². The van der Waals surface area contributed by atoms with E-state index in [2.05, 4.69) is 0 Å². The smallest absolute Gasteiger partial charge is 0.341 e. The molecule has 0 amide bonds. The summed E-state index contributed by atoms with van der Waals surface area (Å²) in [7, 11) is 0. The molecular weight excluding hydrogens is 316 g/mol. The number of rotatable bonds is 8. The van der Waals surface area contributed by atoms with E-state index in [1.165, 1.54) is 6.20 Å². The summed E-state index contributed by atoms with van der Waals surface area (Å²) in [5.74, 6) is 1.03. The summed E-state index contributed by atoms with van der Waals surface area (Å²) < 4.78 is 7.38. The predicted octanol–water partition coefficient (Wildman–Crippen LogP) is 1.79. The van der Waals surface area contributed by atoms with Crippen molar-refractivity contribution in [3.05, 3.63) is 40.2 Å². The molecule has 0 aliphatic carbocycles. The number of fused-ring (bicyclic) bond motifs is 1. The maximum absolute atomic E-state index is 12.3. The fourth-order valence-electron chi connectivity index (χ4n) is 2.28. The van der Waals surface area contributed by atoms with Crippen LogP contribution in [-0.2, 0) is 6.54 Å². The molecule has 7 heteroatoms. The molecule has 0 radical (unpaired) electrons. The van der Waals surface area contributed by atoms with Crippen molar-refractivity contribution >= 4 is 28.6 Å². The van der Waals surface area contributed by atoms with Crippen LogP contribution in [-0.4, -0.2) is 40.3 Å². The fourth-order valence-corrected chi connectivity index (χ4v) is 2.86. The van der Waals surface area contributed by atoms with Crippen molar-refractivity contribution in [3.63, 3.8) is 0 Å². The molecule has 0 bridgehead atoms. The molecular formula is C16H20N2O4S. The Bertz CT molecular complexity index is 758. The molecule has 1 aromatic carbocycles. The van der Waals surface area contributed by atoms with Gasteiger partial charge in [0, 0.05) is 30.8 Å². The highest BCUT2D eigenvalue weighted by molar-refractivity contribution is 7.99. The van der Waals surface area contributed by atoms with Gasteiger partial charge in [0.2, 0.25) is 5.43 Å². The lowest BCUT2D eigenvalue weighted by Gasteiger charge is -2.12. The number of hydrogen-bond acceptors (Lipinski definition) is 5. The first kappa shape index (κ1) is 17.4. The van der Waals surface area contributed by atoms with Crippen molar-refractivity contribution in [3.8, 4) is 5.75 Å². The van der Waals surface area contributed by atoms with Crippen molar-refractivity contribution in [2.75, 3.05) is 24.7 Å². The normalized spacial score (nSPS) is 10.9. The summed E-state index contributed by atoms with van der Waals surface area (Å²) in [5.41, 5.74) is 5.41. The van der Waals surface area contributed by atoms with Crippen LogP contribution in [0.4, 0.5) is 0 Å². The lowest BCUT2D eigenvalue weighted by Crippen LogP contribution is -2.18. The lowest BCUT2D eigenvalue weighted by atomic mass is 10.1. The van der Waals surface area contributed by atoms with E-state index in [0.717, 1.165) is 11.5 Å². The minimum absolute atomic E-state index is 0.227. The van der Waals surface area contributed by atoms with Crippen LogP contribution in [0.25, 0.3) is 10.9 Å². The summed E-state index contributed by atoms with van der Waals surface area (Å²) >= 11 is 1.70. The summed E-state index contributed by atoms with van der Waals surface area (Å²) in [5, 5.41) is 9.54. The zero-order valence-electron chi connectivity index (χ0n) is 12.9. The van der Waals surface area contributed by atoms with Crippen molar-refractivity contribution < 1.29 is 14.6 Å². The van der Waals surface area contributed by atoms with Gasteiger partial charge in [-0.15, -0.1) is 0 Å². The van der Waals surface area contributed by atoms with Gasteiger partial charge in [0.15, 0.2) is 0 Å². The standard InChI is InChI=1S/C16H20N2O4S/c1-2-18-10-13(16(20)21)15(19)12-9-11(3-4-14(12)18)22-6-8-23-7-5-17/h3-4,9-10H,2,5-8,17H2,1H3,(H,20,21). The third-order valence-corrected chi connectivity index (χ3v) is 4.36. The number of carboxylic acid groups (broad SMARTS) is 1. The number of benzene rings is 1. The molecule has 3 N–H and O–H groups in total. The third kappa shape index (κ3) is 4.05. The molecule has 0 saturated carbocycles. The molecule has 0 unspecified atom stereocenters. The first-order chi connectivity index (χ1) is 11.1. The molecule has 1 heterocycles. The maximum atomic E-state index is 12.3. The number of carboxylic acids is 1. The van der Waals surface area contributed by atoms with Gasteiger partial charge in [0.1, 0.15) is 11.3 Å². The Hall–Kier alpha value is -1.99. The van der Waals surface area contributed by atoms with Crippen LogP contribution < -0.4 is 15.9 Å². The second-order valence-electron chi connectivity index (χ2n) is 4.89. The summed E-state index contributed by atoms with van der Waals surface area (Å²) in [6.07, 6.45) is 1.39. The predicted molar refractivity (Wildman–Crippen MR) is 92.7 cm³/mol. The molecule has 124 valence electrons. The molecule has 6 nitrogen and oxygen atoms in total. The van der Waals surface area contributed by atoms with Crippen molar-refractivity contribution in [1.82, 2.24) is 4.57 Å². The molecule has 0 spiro atoms. The minimum Gasteiger partial charge on any atom is -0.493 e. The molecule has 0 saturated heterocycles. The SMILES string of the molecule is CCn1cc(C(=O)O)c(=O)c2cc(OCCSCCN)ccc21. The van der Waals surface area contributed by atoms with Crippen LogP contribution in [0.15, 0.2) is 29.2 Å². The monoisotopic (exact) mass is 336 g/mol. The molecule has 0 atom stereocenters. The Morgan fingerprint density at radius 2 is 2.17 bits per heavy atom. The number of aromatic nitrogens is 1. The average molecular weight is 336 g/mol. The number of carbonyl (C=O) groups is 1. The quantitative estimate of drug-likeness (QED) is 0.714. The molecule has 2 rings (SSSR count). The molecule has 2 aromatic rings. The average Bonchev–Trinajstić information content (AvgIpc) is 2.55. The van der Waals surface area contributed by atoms with Gasteiger partial charge in [-0.2, -0.15) is 11.8 Å². The number of ether oxygens (including phenoxy) is 1. The number of nitrogens with two attached hydrogens (primary N) is 1. The Balaban J connectivity index is 2.32. The Morgan fingerprint density at radius 3 is 2.83 bits per heavy atom. The highest BCUT2D eigenvalue weighted by Crippen LogP contribution is 2.20. The topological polar surface area (TPSA) is 94.5 Å². The second kappa shape index (κ2) is 8.03. The van der Waals surface area contributed by atoms with Crippen LogP contribution in [0, 0.1) is 0 Å². The van der Waals surface area contributed by atoms with Crippen LogP contribution >= 0.6 is 11.8 Å². The van der Waals surface area contributed by atoms with E-state index in [1.807, 2.05) is 6.92 Å². The number of aromatic carboxylic acids is 1. The van der Waals surface area contributed by atoms with Crippen LogP contribution in [0.5, 0.6) is 5.75 Å². The summed E-state index contributed by atoms with van der Waals surface area (Å²) in [6.45, 7) is 3.62. The van der Waals surface area contributed by atoms with Crippen molar-refractivity contribution in [2.24, 2.45) is 5.73 Å². The van der Waals surface area contributed by atoms with Gasteiger partial charge in [-0.1, -0.05) is 0 Å². The maximum Gasteiger partial charge on any atom is 0.341 e. The van der Waals surface area contributed by atoms with Gasteiger partial charge in [0.25, 0.3) is 0 Å². The zero-order chi connectivity index (χ0) is 16.8. The van der Waals surface area contributed by atoms with Crippen LogP contribution in [0.1, 0.15) is 17.3 Å². The molecule has 0 aliphatic heterocycles. The number of nitrogens with zero attached hydrogens (tertiary/aromatic N) is 1. The molecule has 0 fully saturated rings. The minimum atomic E-state index is -1.22. The fraction of sp³-hybridized carbons (Fsp3) is 0.375. The zero-order valence-corrected chi connectivity index (χ0v) is 13.8. The van der Waals surface area contributed by atoms with Crippen LogP contribution in [0.3, 0.4) is 0 Å². The Kier molecular flexibility index (Phi) is 6.06. The second-order valence-corrected chi connectivity index (χ2v) is 6.12. The first-order valence-corrected chi connectivity index (χ1v) is 8.55. The number of pyridine rings is 1. The number of thioether (sulfide) groups is 1. The Morgan fingerprint density at radius 1 is 1.39 bits per heavy atom. The van der Waals surface area contributed by atoms with Gasteiger partial charge in [-0.05, 0) is 25.1 Å². The van der Waals surface area contributed by atoms with E-state index in [4.69, 9.17) is 10.5 Å². The molecule has 1 aromatic heterocycles. The first-order valence-electron chi connectivity index (χ1n) is 7.39. The van der Waals surface area contributed by atoms with E-state index in [1.54, 1.807) is 34.5 Å². The number of hydrogen-bond donors (Lipinski definition) is 2. The van der Waals surface area contributed by atoms with Crippen molar-refractivity contribution in [2.45, 2.75) is 13.5 Å². The van der Waals surface area contributed by atoms with Gasteiger partial charge in [0.05, 0.1) is 17.5 Å². The van der Waals surface area contributed by atoms with E-state index in [-0.39, 0.29) is 5.56 Å². The van der Waals surface area contributed by atoms with E-state index in [9.17, 15) is 14.7 Å². The van der Waals surface area contributed by atoms with Crippen LogP contribution in [0.2, 0.25) is 0 Å². The largest absolute Gasteiger partial charge is 0.493 e. The van der Waals surface area contributed by atoms with E-state index in [0.29, 0.717) is 36.3 Å². The summed E-state index contributed by atoms with van der Waals surface area (Å²) in [6, 6.07) is 5.19. The van der Waals surface area contributed by atoms with E-state index < -0.39 is 11.4 Å². The molecule has 23 heavy (non-hydrogen) atoms. The van der Waals surface area contributed by atoms with Gasteiger partial charge in [-0.25, -0.2) is 4.79 Å². The van der Waals surface area contributed by atoms with Gasteiger partial charge < -0.3 is 20.1 Å². The third-order valence-electron chi connectivity index (χ3n) is 3.38. The summed E-state index contributed by atoms with van der Waals surface area (Å²) in [4.78, 5) is 23.6.